The van der Waals surface area contributed by atoms with E-state index in [4.69, 9.17) is 0 Å². The molecule has 0 aromatic heterocycles. The Morgan fingerprint density at radius 3 is 2.44 bits per heavy atom. The zero-order valence-electron chi connectivity index (χ0n) is 16.7. The van der Waals surface area contributed by atoms with Gasteiger partial charge in [-0.15, -0.1) is 0 Å². The summed E-state index contributed by atoms with van der Waals surface area (Å²) in [4.78, 5) is 28.3. The first-order chi connectivity index (χ1) is 13.1. The molecule has 0 bridgehead atoms. The minimum Gasteiger partial charge on any atom is -0.352 e. The normalized spacial score (nSPS) is 22.6. The summed E-state index contributed by atoms with van der Waals surface area (Å²) in [7, 11) is 0. The van der Waals surface area contributed by atoms with Crippen LogP contribution in [0.1, 0.15) is 57.4 Å². The molecule has 0 unspecified atom stereocenters. The van der Waals surface area contributed by atoms with Crippen molar-refractivity contribution in [1.29, 1.82) is 0 Å². The number of nitrogens with zero attached hydrogens (tertiary/aromatic N) is 2. The van der Waals surface area contributed by atoms with Crippen molar-refractivity contribution >= 4 is 11.8 Å². The van der Waals surface area contributed by atoms with Crippen LogP contribution in [0.25, 0.3) is 0 Å². The number of rotatable bonds is 6. The highest BCUT2D eigenvalue weighted by molar-refractivity contribution is 5.78. The van der Waals surface area contributed by atoms with Gasteiger partial charge < -0.3 is 10.2 Å². The molecule has 1 aromatic carbocycles. The molecular formula is C22H33N3O2. The molecule has 2 aliphatic rings. The second-order valence-corrected chi connectivity index (χ2v) is 7.95. The molecule has 1 N–H and O–H groups in total. The molecule has 2 saturated heterocycles. The van der Waals surface area contributed by atoms with Gasteiger partial charge in [0.15, 0.2) is 0 Å². The molecule has 2 aliphatic heterocycles. The Balaban J connectivity index is 1.53. The maximum Gasteiger partial charge on any atom is 0.234 e. The van der Waals surface area contributed by atoms with Crippen molar-refractivity contribution in [3.8, 4) is 0 Å². The highest BCUT2D eigenvalue weighted by Gasteiger charge is 2.33. The lowest BCUT2D eigenvalue weighted by Crippen LogP contribution is -2.49. The third kappa shape index (κ3) is 5.10. The highest BCUT2D eigenvalue weighted by atomic mass is 16.2. The first-order valence-corrected chi connectivity index (χ1v) is 10.4. The fourth-order valence-electron chi connectivity index (χ4n) is 4.73. The van der Waals surface area contributed by atoms with Gasteiger partial charge in [-0.25, -0.2) is 0 Å². The second-order valence-electron chi connectivity index (χ2n) is 7.95. The van der Waals surface area contributed by atoms with Crippen LogP contribution in [0.2, 0.25) is 0 Å². The predicted molar refractivity (Wildman–Crippen MR) is 107 cm³/mol. The quantitative estimate of drug-likeness (QED) is 0.837. The van der Waals surface area contributed by atoms with Crippen molar-refractivity contribution in [3.63, 3.8) is 0 Å². The molecule has 0 spiro atoms. The average Bonchev–Trinajstić information content (AvgIpc) is 3.11. The van der Waals surface area contributed by atoms with E-state index in [0.717, 1.165) is 51.7 Å². The van der Waals surface area contributed by atoms with Crippen molar-refractivity contribution in [2.45, 2.75) is 64.0 Å². The van der Waals surface area contributed by atoms with Gasteiger partial charge >= 0.3 is 0 Å². The number of nitrogens with one attached hydrogen (secondary N) is 1. The first-order valence-electron chi connectivity index (χ1n) is 10.4. The predicted octanol–water partition coefficient (Wildman–Crippen LogP) is 2.77. The summed E-state index contributed by atoms with van der Waals surface area (Å²) in [6.45, 7) is 6.85. The van der Waals surface area contributed by atoms with Crippen LogP contribution in [0.15, 0.2) is 30.3 Å². The fraction of sp³-hybridized carbons (Fsp3) is 0.636. The lowest BCUT2D eigenvalue weighted by atomic mass is 9.87. The van der Waals surface area contributed by atoms with E-state index in [-0.39, 0.29) is 17.9 Å². The smallest absolute Gasteiger partial charge is 0.234 e. The third-order valence-electron chi connectivity index (χ3n) is 6.20. The molecule has 1 aromatic rings. The number of hydrogen-bond donors (Lipinski definition) is 1. The van der Waals surface area contributed by atoms with Gasteiger partial charge in [-0.3, -0.25) is 14.5 Å². The molecule has 0 radical (unpaired) electrons. The molecule has 3 rings (SSSR count). The minimum atomic E-state index is 0.131. The second kappa shape index (κ2) is 9.36. The SMILES string of the molecule is CC[C@@H](c1ccccc1)[C@@H]1CCCN1CC(=O)NC1CCN(C(C)=O)CC1. The Labute approximate surface area is 163 Å². The number of amides is 2. The van der Waals surface area contributed by atoms with Gasteiger partial charge in [-0.1, -0.05) is 37.3 Å². The van der Waals surface area contributed by atoms with Crippen LogP contribution in [0.3, 0.4) is 0 Å². The third-order valence-corrected chi connectivity index (χ3v) is 6.20. The van der Waals surface area contributed by atoms with Gasteiger partial charge in [0, 0.05) is 32.1 Å². The molecule has 2 fully saturated rings. The van der Waals surface area contributed by atoms with Crippen molar-refractivity contribution in [2.24, 2.45) is 0 Å². The Morgan fingerprint density at radius 2 is 1.81 bits per heavy atom. The maximum absolute atomic E-state index is 12.6. The first kappa shape index (κ1) is 19.9. The summed E-state index contributed by atoms with van der Waals surface area (Å²) in [6.07, 6.45) is 5.14. The van der Waals surface area contributed by atoms with Crippen LogP contribution in [0.5, 0.6) is 0 Å². The summed E-state index contributed by atoms with van der Waals surface area (Å²) >= 11 is 0. The number of hydrogen-bond acceptors (Lipinski definition) is 3. The topological polar surface area (TPSA) is 52.7 Å². The van der Waals surface area contributed by atoms with E-state index in [1.165, 1.54) is 5.56 Å². The maximum atomic E-state index is 12.6. The molecule has 2 amide bonds. The number of likely N-dealkylation sites (tertiary alicyclic amines) is 2. The van der Waals surface area contributed by atoms with Crippen LogP contribution < -0.4 is 5.32 Å². The molecule has 5 nitrogen and oxygen atoms in total. The summed E-state index contributed by atoms with van der Waals surface area (Å²) in [5.74, 6) is 0.748. The zero-order valence-corrected chi connectivity index (χ0v) is 16.7. The molecule has 5 heteroatoms. The molecule has 27 heavy (non-hydrogen) atoms. The Kier molecular flexibility index (Phi) is 6.89. The van der Waals surface area contributed by atoms with E-state index in [2.05, 4.69) is 47.5 Å². The van der Waals surface area contributed by atoms with E-state index in [0.29, 0.717) is 18.5 Å². The van der Waals surface area contributed by atoms with Crippen molar-refractivity contribution in [2.75, 3.05) is 26.2 Å². The molecule has 0 saturated carbocycles. The van der Waals surface area contributed by atoms with Gasteiger partial charge in [0.2, 0.25) is 11.8 Å². The van der Waals surface area contributed by atoms with Gasteiger partial charge in [0.05, 0.1) is 6.54 Å². The van der Waals surface area contributed by atoms with Crippen molar-refractivity contribution < 1.29 is 9.59 Å². The zero-order chi connectivity index (χ0) is 19.2. The Hall–Kier alpha value is -1.88. The van der Waals surface area contributed by atoms with Crippen LogP contribution in [-0.2, 0) is 9.59 Å². The fourth-order valence-corrected chi connectivity index (χ4v) is 4.73. The largest absolute Gasteiger partial charge is 0.352 e. The molecule has 2 heterocycles. The van der Waals surface area contributed by atoms with Crippen molar-refractivity contribution in [1.82, 2.24) is 15.1 Å². The van der Waals surface area contributed by atoms with Gasteiger partial charge in [-0.2, -0.15) is 0 Å². The van der Waals surface area contributed by atoms with Gasteiger partial charge in [-0.05, 0) is 50.1 Å². The van der Waals surface area contributed by atoms with E-state index < -0.39 is 0 Å². The van der Waals surface area contributed by atoms with E-state index >= 15 is 0 Å². The lowest BCUT2D eigenvalue weighted by Gasteiger charge is -2.33. The molecular weight excluding hydrogens is 338 g/mol. The average molecular weight is 372 g/mol. The van der Waals surface area contributed by atoms with Gasteiger partial charge in [0.1, 0.15) is 0 Å². The van der Waals surface area contributed by atoms with Crippen LogP contribution in [0.4, 0.5) is 0 Å². The van der Waals surface area contributed by atoms with Crippen molar-refractivity contribution in [3.05, 3.63) is 35.9 Å². The van der Waals surface area contributed by atoms with Gasteiger partial charge in [0.25, 0.3) is 0 Å². The summed E-state index contributed by atoms with van der Waals surface area (Å²) in [5, 5.41) is 3.20. The van der Waals surface area contributed by atoms with E-state index in [1.54, 1.807) is 6.92 Å². The Bertz CT molecular complexity index is 626. The lowest BCUT2D eigenvalue weighted by molar-refractivity contribution is -0.130. The van der Waals surface area contributed by atoms with E-state index in [1.807, 2.05) is 4.90 Å². The van der Waals surface area contributed by atoms with E-state index in [9.17, 15) is 9.59 Å². The van der Waals surface area contributed by atoms with Crippen LogP contribution >= 0.6 is 0 Å². The number of benzene rings is 1. The molecule has 2 atom stereocenters. The Morgan fingerprint density at radius 1 is 1.11 bits per heavy atom. The summed E-state index contributed by atoms with van der Waals surface area (Å²) < 4.78 is 0. The summed E-state index contributed by atoms with van der Waals surface area (Å²) in [5.41, 5.74) is 1.38. The van der Waals surface area contributed by atoms with Crippen LogP contribution in [0, 0.1) is 0 Å². The monoisotopic (exact) mass is 371 g/mol. The standard InChI is InChI=1S/C22H33N3O2/c1-3-20(18-8-5-4-6-9-18)21-10-7-13-25(21)16-22(27)23-19-11-14-24(15-12-19)17(2)26/h4-6,8-9,19-21H,3,7,10-16H2,1-2H3,(H,23,27)/t20-,21-/m0/s1. The minimum absolute atomic E-state index is 0.131. The number of piperidine rings is 1. The number of carbonyl (C=O) groups excluding carboxylic acids is 2. The molecule has 0 aliphatic carbocycles. The summed E-state index contributed by atoms with van der Waals surface area (Å²) in [6, 6.07) is 11.4. The highest BCUT2D eigenvalue weighted by Crippen LogP contribution is 2.33. The molecule has 148 valence electrons. The van der Waals surface area contributed by atoms with Crippen LogP contribution in [-0.4, -0.2) is 59.9 Å². The number of carbonyl (C=O) groups is 2.